The number of nitrogens with one attached hydrogen (secondary N) is 1. The number of nitrogens with zero attached hydrogens (tertiary/aromatic N) is 2. The molecule has 1 saturated heterocycles. The maximum Gasteiger partial charge on any atom is 0.178 e. The second-order valence-corrected chi connectivity index (χ2v) is 5.52. The van der Waals surface area contributed by atoms with E-state index >= 15 is 0 Å². The van der Waals surface area contributed by atoms with Gasteiger partial charge in [-0.2, -0.15) is 11.8 Å². The topological polar surface area (TPSA) is 54.2 Å². The highest BCUT2D eigenvalue weighted by atomic mass is 32.2. The van der Waals surface area contributed by atoms with Crippen molar-refractivity contribution in [3.05, 3.63) is 17.7 Å². The fourth-order valence-electron chi connectivity index (χ4n) is 1.94. The van der Waals surface area contributed by atoms with Gasteiger partial charge in [-0.1, -0.05) is 6.92 Å². The van der Waals surface area contributed by atoms with Crippen molar-refractivity contribution in [3.63, 3.8) is 0 Å². The first-order chi connectivity index (χ1) is 8.65. The Balaban J connectivity index is 2.26. The van der Waals surface area contributed by atoms with Gasteiger partial charge in [0.05, 0.1) is 0 Å². The van der Waals surface area contributed by atoms with Crippen LogP contribution in [-0.4, -0.2) is 29.1 Å². The van der Waals surface area contributed by atoms with E-state index in [4.69, 9.17) is 5.84 Å². The molecule has 3 N–H and O–H groups in total. The summed E-state index contributed by atoms with van der Waals surface area (Å²) in [6, 6.07) is 0.820. The average molecular weight is 274 g/mol. The predicted octanol–water partition coefficient (Wildman–Crippen LogP) is 1.98. The van der Waals surface area contributed by atoms with Gasteiger partial charge in [0.2, 0.25) is 0 Å². The van der Waals surface area contributed by atoms with Crippen LogP contribution in [0, 0.1) is 11.6 Å². The molecule has 2 heterocycles. The van der Waals surface area contributed by atoms with Crippen LogP contribution in [0.5, 0.6) is 0 Å². The third kappa shape index (κ3) is 2.67. The maximum atomic E-state index is 13.8. The van der Waals surface area contributed by atoms with Crippen molar-refractivity contribution in [2.45, 2.75) is 18.6 Å². The SMILES string of the molecule is CCC1CN(c2nc(NN)c(F)cc2F)CCS1. The van der Waals surface area contributed by atoms with Gasteiger partial charge in [-0.15, -0.1) is 0 Å². The van der Waals surface area contributed by atoms with Crippen LogP contribution in [0.3, 0.4) is 0 Å². The Hall–Kier alpha value is -1.08. The number of pyridine rings is 1. The van der Waals surface area contributed by atoms with Crippen LogP contribution in [0.2, 0.25) is 0 Å². The van der Waals surface area contributed by atoms with Crippen molar-refractivity contribution in [1.29, 1.82) is 0 Å². The van der Waals surface area contributed by atoms with Gasteiger partial charge >= 0.3 is 0 Å². The van der Waals surface area contributed by atoms with Crippen molar-refractivity contribution >= 4 is 23.4 Å². The highest BCUT2D eigenvalue weighted by molar-refractivity contribution is 8.00. The van der Waals surface area contributed by atoms with Crippen LogP contribution in [0.4, 0.5) is 20.4 Å². The summed E-state index contributed by atoms with van der Waals surface area (Å²) in [5.74, 6) is 4.69. The largest absolute Gasteiger partial charge is 0.352 e. The minimum Gasteiger partial charge on any atom is -0.352 e. The Morgan fingerprint density at radius 3 is 3.00 bits per heavy atom. The molecule has 0 radical (unpaired) electrons. The smallest absolute Gasteiger partial charge is 0.178 e. The summed E-state index contributed by atoms with van der Waals surface area (Å²) in [5, 5.41) is 0.458. The Morgan fingerprint density at radius 1 is 1.56 bits per heavy atom. The van der Waals surface area contributed by atoms with E-state index in [1.165, 1.54) is 0 Å². The number of rotatable bonds is 3. The van der Waals surface area contributed by atoms with Crippen LogP contribution in [0.1, 0.15) is 13.3 Å². The summed E-state index contributed by atoms with van der Waals surface area (Å²) in [5.41, 5.74) is 2.14. The number of anilines is 2. The zero-order valence-corrected chi connectivity index (χ0v) is 10.9. The van der Waals surface area contributed by atoms with Gasteiger partial charge in [0.25, 0.3) is 0 Å². The number of nitrogen functional groups attached to an aromatic ring is 1. The maximum absolute atomic E-state index is 13.8. The molecule has 0 spiro atoms. The highest BCUT2D eigenvalue weighted by Gasteiger charge is 2.23. The summed E-state index contributed by atoms with van der Waals surface area (Å²) in [4.78, 5) is 5.76. The first-order valence-electron chi connectivity index (χ1n) is 5.85. The molecule has 0 amide bonds. The number of hydrazine groups is 1. The highest BCUT2D eigenvalue weighted by Crippen LogP contribution is 2.28. The Labute approximate surface area is 109 Å². The third-order valence-corrected chi connectivity index (χ3v) is 4.31. The molecule has 100 valence electrons. The number of halogens is 2. The second-order valence-electron chi connectivity index (χ2n) is 4.12. The van der Waals surface area contributed by atoms with Gasteiger partial charge in [0.1, 0.15) is 0 Å². The van der Waals surface area contributed by atoms with E-state index in [1.54, 1.807) is 0 Å². The molecule has 2 rings (SSSR count). The van der Waals surface area contributed by atoms with E-state index in [9.17, 15) is 8.78 Å². The first-order valence-corrected chi connectivity index (χ1v) is 6.89. The third-order valence-electron chi connectivity index (χ3n) is 2.94. The van der Waals surface area contributed by atoms with Crippen molar-refractivity contribution in [3.8, 4) is 0 Å². The number of thioether (sulfide) groups is 1. The zero-order valence-electron chi connectivity index (χ0n) is 10.1. The molecular formula is C11H16F2N4S. The lowest BCUT2D eigenvalue weighted by Gasteiger charge is -2.33. The Morgan fingerprint density at radius 2 is 2.33 bits per heavy atom. The van der Waals surface area contributed by atoms with E-state index in [2.05, 4.69) is 17.3 Å². The number of hydrogen-bond donors (Lipinski definition) is 2. The van der Waals surface area contributed by atoms with Crippen LogP contribution in [0.15, 0.2) is 6.07 Å². The monoisotopic (exact) mass is 274 g/mol. The molecule has 18 heavy (non-hydrogen) atoms. The summed E-state index contributed by atoms with van der Waals surface area (Å²) in [7, 11) is 0. The molecule has 1 aliphatic rings. The average Bonchev–Trinajstić information content (AvgIpc) is 2.39. The van der Waals surface area contributed by atoms with E-state index in [1.807, 2.05) is 16.7 Å². The van der Waals surface area contributed by atoms with E-state index in [0.29, 0.717) is 11.8 Å². The van der Waals surface area contributed by atoms with Crippen LogP contribution in [0.25, 0.3) is 0 Å². The van der Waals surface area contributed by atoms with Crippen molar-refractivity contribution in [2.24, 2.45) is 5.84 Å². The summed E-state index contributed by atoms with van der Waals surface area (Å²) >= 11 is 1.87. The van der Waals surface area contributed by atoms with Gasteiger partial charge < -0.3 is 10.3 Å². The molecule has 1 aromatic heterocycles. The minimum absolute atomic E-state index is 0.127. The molecular weight excluding hydrogens is 258 g/mol. The van der Waals surface area contributed by atoms with E-state index in [-0.39, 0.29) is 11.6 Å². The van der Waals surface area contributed by atoms with Gasteiger partial charge in [-0.3, -0.25) is 0 Å². The van der Waals surface area contributed by atoms with E-state index in [0.717, 1.165) is 24.8 Å². The molecule has 1 fully saturated rings. The molecule has 1 unspecified atom stereocenters. The molecule has 0 saturated carbocycles. The first kappa shape index (κ1) is 13.4. The fourth-order valence-corrected chi connectivity index (χ4v) is 3.12. The quantitative estimate of drug-likeness (QED) is 0.652. The van der Waals surface area contributed by atoms with Crippen LogP contribution < -0.4 is 16.2 Å². The molecule has 1 atom stereocenters. The lowest BCUT2D eigenvalue weighted by Crippen LogP contribution is -2.38. The van der Waals surface area contributed by atoms with Crippen LogP contribution >= 0.6 is 11.8 Å². The van der Waals surface area contributed by atoms with Crippen molar-refractivity contribution < 1.29 is 8.78 Å². The van der Waals surface area contributed by atoms with Gasteiger partial charge in [-0.25, -0.2) is 19.6 Å². The van der Waals surface area contributed by atoms with E-state index < -0.39 is 11.6 Å². The van der Waals surface area contributed by atoms with Crippen molar-refractivity contribution in [1.82, 2.24) is 4.98 Å². The summed E-state index contributed by atoms with van der Waals surface area (Å²) in [6.07, 6.45) is 1.02. The lowest BCUT2D eigenvalue weighted by molar-refractivity contribution is 0.567. The predicted molar refractivity (Wildman–Crippen MR) is 70.7 cm³/mol. The molecule has 4 nitrogen and oxygen atoms in total. The molecule has 7 heteroatoms. The molecule has 0 bridgehead atoms. The second kappa shape index (κ2) is 5.71. The molecule has 0 aliphatic carbocycles. The van der Waals surface area contributed by atoms with Crippen molar-refractivity contribution in [2.75, 3.05) is 29.2 Å². The number of hydrogen-bond acceptors (Lipinski definition) is 5. The fraction of sp³-hybridized carbons (Fsp3) is 0.545. The summed E-state index contributed by atoms with van der Waals surface area (Å²) < 4.78 is 27.0. The Kier molecular flexibility index (Phi) is 4.23. The van der Waals surface area contributed by atoms with Gasteiger partial charge in [0.15, 0.2) is 23.3 Å². The Bertz CT molecular complexity index is 430. The van der Waals surface area contributed by atoms with Gasteiger partial charge in [-0.05, 0) is 6.42 Å². The minimum atomic E-state index is -0.780. The standard InChI is InChI=1S/C11H16F2N4S/c1-2-7-6-17(3-4-18-7)11-9(13)5-8(12)10(15-11)16-14/h5,7H,2-4,6,14H2,1H3,(H,15,16). The normalized spacial score (nSPS) is 20.0. The zero-order chi connectivity index (χ0) is 13.1. The molecule has 1 aromatic rings. The molecule has 1 aliphatic heterocycles. The molecule has 0 aromatic carbocycles. The lowest BCUT2D eigenvalue weighted by atomic mass is 10.3. The number of aromatic nitrogens is 1. The number of nitrogens with two attached hydrogens (primary N) is 1. The summed E-state index contributed by atoms with van der Waals surface area (Å²) in [6.45, 7) is 3.53. The van der Waals surface area contributed by atoms with Crippen LogP contribution in [-0.2, 0) is 0 Å². The van der Waals surface area contributed by atoms with Gasteiger partial charge in [0, 0.05) is 30.2 Å².